The number of aliphatic hydroxyl groups excluding tert-OH is 2. The average Bonchev–Trinajstić information content (AvgIpc) is 3.23. The first-order valence-electron chi connectivity index (χ1n) is 8.54. The summed E-state index contributed by atoms with van der Waals surface area (Å²) in [5.41, 5.74) is -2.29. The Kier molecular flexibility index (Phi) is 4.56. The lowest BCUT2D eigenvalue weighted by Crippen LogP contribution is -2.33. The number of benzene rings is 1. The second-order valence-electron chi connectivity index (χ2n) is 6.64. The van der Waals surface area contributed by atoms with E-state index in [-0.39, 0.29) is 28.8 Å². The van der Waals surface area contributed by atoms with Gasteiger partial charge in [0.2, 0.25) is 0 Å². The van der Waals surface area contributed by atoms with Crippen LogP contribution in [0, 0.1) is 0 Å². The van der Waals surface area contributed by atoms with Gasteiger partial charge in [0.15, 0.2) is 0 Å². The molecule has 0 saturated carbocycles. The lowest BCUT2D eigenvalue weighted by molar-refractivity contribution is -0.137. The van der Waals surface area contributed by atoms with E-state index < -0.39 is 48.0 Å². The Hall–Kier alpha value is -2.96. The Bertz CT molecular complexity index is 1180. The summed E-state index contributed by atoms with van der Waals surface area (Å²) in [7, 11) is 0. The average molecular weight is 412 g/mol. The fourth-order valence-electron chi connectivity index (χ4n) is 3.23. The van der Waals surface area contributed by atoms with E-state index in [0.29, 0.717) is 0 Å². The molecule has 2 aromatic heterocycles. The van der Waals surface area contributed by atoms with Crippen molar-refractivity contribution >= 4 is 11.0 Å². The summed E-state index contributed by atoms with van der Waals surface area (Å²) in [5.74, 6) is -0.0356. The number of ether oxygens (including phenoxy) is 1. The first-order valence-corrected chi connectivity index (χ1v) is 8.54. The molecule has 3 atom stereocenters. The predicted molar refractivity (Wildman–Crippen MR) is 93.0 cm³/mol. The van der Waals surface area contributed by atoms with Crippen LogP contribution < -0.4 is 11.2 Å². The molecular formula is C17H15F3N4O5. The summed E-state index contributed by atoms with van der Waals surface area (Å²) in [5, 5.41) is 19.0. The largest absolute Gasteiger partial charge is 0.416 e. The van der Waals surface area contributed by atoms with Gasteiger partial charge in [-0.1, -0.05) is 0 Å². The molecular weight excluding hydrogens is 397 g/mol. The fraction of sp³-hybridized carbons (Fsp3) is 0.353. The third-order valence-corrected chi connectivity index (χ3v) is 4.73. The Balaban J connectivity index is 1.77. The van der Waals surface area contributed by atoms with Gasteiger partial charge in [-0.15, -0.1) is 0 Å². The van der Waals surface area contributed by atoms with Crippen molar-refractivity contribution in [1.29, 1.82) is 0 Å². The molecule has 3 heterocycles. The molecule has 4 rings (SSSR count). The highest BCUT2D eigenvalue weighted by Crippen LogP contribution is 2.32. The number of hydrogen-bond donors (Lipinski definition) is 4. The zero-order valence-electron chi connectivity index (χ0n) is 14.6. The molecule has 1 aromatic carbocycles. The Morgan fingerprint density at radius 3 is 2.69 bits per heavy atom. The van der Waals surface area contributed by atoms with Gasteiger partial charge in [0.05, 0.1) is 34.9 Å². The number of rotatable bonds is 3. The number of hydrogen-bond acceptors (Lipinski definition) is 6. The summed E-state index contributed by atoms with van der Waals surface area (Å²) in [4.78, 5) is 33.3. The van der Waals surface area contributed by atoms with Crippen molar-refractivity contribution in [3.63, 3.8) is 0 Å². The van der Waals surface area contributed by atoms with Gasteiger partial charge < -0.3 is 19.9 Å². The highest BCUT2D eigenvalue weighted by Gasteiger charge is 2.35. The smallest absolute Gasteiger partial charge is 0.394 e. The number of aromatic nitrogens is 4. The molecule has 0 bridgehead atoms. The number of imidazole rings is 1. The van der Waals surface area contributed by atoms with E-state index in [9.17, 15) is 33.0 Å². The van der Waals surface area contributed by atoms with E-state index >= 15 is 0 Å². The van der Waals surface area contributed by atoms with Crippen LogP contribution in [-0.4, -0.2) is 48.5 Å². The van der Waals surface area contributed by atoms with Gasteiger partial charge in [-0.05, 0) is 18.2 Å². The molecule has 12 heteroatoms. The van der Waals surface area contributed by atoms with Crippen molar-refractivity contribution < 1.29 is 28.1 Å². The van der Waals surface area contributed by atoms with Crippen LogP contribution in [0.4, 0.5) is 13.2 Å². The number of fused-ring (bicyclic) bond motifs is 1. The number of aliphatic hydroxyl groups is 2. The lowest BCUT2D eigenvalue weighted by atomic mass is 10.2. The van der Waals surface area contributed by atoms with Crippen LogP contribution in [0.15, 0.2) is 34.0 Å². The summed E-state index contributed by atoms with van der Waals surface area (Å²) in [6.07, 6.45) is -6.19. The summed E-state index contributed by atoms with van der Waals surface area (Å²) < 4.78 is 45.1. The molecule has 1 saturated heterocycles. The van der Waals surface area contributed by atoms with E-state index in [0.717, 1.165) is 22.9 Å². The van der Waals surface area contributed by atoms with E-state index in [4.69, 9.17) is 4.74 Å². The maximum absolute atomic E-state index is 12.9. The first-order chi connectivity index (χ1) is 13.7. The lowest BCUT2D eigenvalue weighted by Gasteiger charge is -2.14. The molecule has 29 heavy (non-hydrogen) atoms. The highest BCUT2D eigenvalue weighted by atomic mass is 19.4. The third-order valence-electron chi connectivity index (χ3n) is 4.73. The molecule has 0 spiro atoms. The second-order valence-corrected chi connectivity index (χ2v) is 6.64. The molecule has 1 aliphatic heterocycles. The SMILES string of the molecule is O=c1[nH]c(=O)n([C@H]2C[C@H](O)[C@@H](CO)O2)cc1-c1nc2ccc(C(F)(F)F)cc2[nH]1. The maximum Gasteiger partial charge on any atom is 0.416 e. The topological polar surface area (TPSA) is 133 Å². The Morgan fingerprint density at radius 1 is 1.28 bits per heavy atom. The van der Waals surface area contributed by atoms with Crippen LogP contribution in [0.2, 0.25) is 0 Å². The molecule has 3 aromatic rings. The van der Waals surface area contributed by atoms with Gasteiger partial charge in [-0.3, -0.25) is 14.3 Å². The molecule has 1 aliphatic rings. The van der Waals surface area contributed by atoms with Crippen molar-refractivity contribution in [2.24, 2.45) is 0 Å². The maximum atomic E-state index is 12.9. The molecule has 4 N–H and O–H groups in total. The van der Waals surface area contributed by atoms with E-state index in [1.54, 1.807) is 0 Å². The van der Waals surface area contributed by atoms with Crippen molar-refractivity contribution in [2.45, 2.75) is 31.0 Å². The van der Waals surface area contributed by atoms with Gasteiger partial charge in [-0.2, -0.15) is 13.2 Å². The van der Waals surface area contributed by atoms with Gasteiger partial charge in [0.1, 0.15) is 18.2 Å². The quantitative estimate of drug-likeness (QED) is 0.502. The number of nitrogens with one attached hydrogen (secondary N) is 2. The standard InChI is InChI=1S/C17H15F3N4O5/c18-17(19,20)7-1-2-9-10(3-7)22-14(21-9)8-5-24(16(28)23-15(8)27)13-4-11(26)12(6-25)29-13/h1-3,5,11-13,25-26H,4,6H2,(H,21,22)(H,23,27,28)/t11-,12+,13+/m0/s1. The zero-order chi connectivity index (χ0) is 20.9. The number of alkyl halides is 3. The van der Waals surface area contributed by atoms with Crippen LogP contribution in [-0.2, 0) is 10.9 Å². The summed E-state index contributed by atoms with van der Waals surface area (Å²) >= 11 is 0. The first kappa shape index (κ1) is 19.4. The van der Waals surface area contributed by atoms with E-state index in [2.05, 4.69) is 15.0 Å². The van der Waals surface area contributed by atoms with Crippen molar-refractivity contribution in [3.05, 3.63) is 50.8 Å². The highest BCUT2D eigenvalue weighted by molar-refractivity contribution is 5.79. The van der Waals surface area contributed by atoms with Gasteiger partial charge in [0, 0.05) is 12.6 Å². The van der Waals surface area contributed by atoms with Crippen LogP contribution in [0.25, 0.3) is 22.4 Å². The van der Waals surface area contributed by atoms with Gasteiger partial charge in [-0.25, -0.2) is 9.78 Å². The van der Waals surface area contributed by atoms with Gasteiger partial charge in [0.25, 0.3) is 5.56 Å². The minimum absolute atomic E-state index is 0.00564. The minimum Gasteiger partial charge on any atom is -0.394 e. The molecule has 0 aliphatic carbocycles. The molecule has 0 amide bonds. The monoisotopic (exact) mass is 412 g/mol. The summed E-state index contributed by atoms with van der Waals surface area (Å²) in [6, 6.07) is 2.92. The Labute approximate surface area is 159 Å². The van der Waals surface area contributed by atoms with Crippen molar-refractivity contribution in [3.8, 4) is 11.4 Å². The number of nitrogens with zero attached hydrogens (tertiary/aromatic N) is 2. The van der Waals surface area contributed by atoms with Crippen LogP contribution in [0.5, 0.6) is 0 Å². The molecule has 9 nitrogen and oxygen atoms in total. The molecule has 0 unspecified atom stereocenters. The van der Waals surface area contributed by atoms with Crippen molar-refractivity contribution in [1.82, 2.24) is 19.5 Å². The zero-order valence-corrected chi connectivity index (χ0v) is 14.6. The van der Waals surface area contributed by atoms with E-state index in [1.807, 2.05) is 0 Å². The minimum atomic E-state index is -4.53. The number of H-pyrrole nitrogens is 2. The summed E-state index contributed by atoms with van der Waals surface area (Å²) in [6.45, 7) is -0.451. The van der Waals surface area contributed by atoms with Gasteiger partial charge >= 0.3 is 11.9 Å². The van der Waals surface area contributed by atoms with Crippen LogP contribution >= 0.6 is 0 Å². The Morgan fingerprint density at radius 2 is 2.03 bits per heavy atom. The number of aromatic amines is 2. The molecule has 0 radical (unpaired) electrons. The van der Waals surface area contributed by atoms with Crippen LogP contribution in [0.3, 0.4) is 0 Å². The molecule has 154 valence electrons. The third kappa shape index (κ3) is 3.45. The molecule has 1 fully saturated rings. The fourth-order valence-corrected chi connectivity index (χ4v) is 3.23. The normalized spacial score (nSPS) is 22.4. The van der Waals surface area contributed by atoms with Crippen LogP contribution in [0.1, 0.15) is 18.2 Å². The second kappa shape index (κ2) is 6.83. The predicted octanol–water partition coefficient (Wildman–Crippen LogP) is 0.739. The number of halogens is 3. The van der Waals surface area contributed by atoms with E-state index in [1.165, 1.54) is 6.07 Å². The van der Waals surface area contributed by atoms with Crippen molar-refractivity contribution in [2.75, 3.05) is 6.61 Å².